The fourth-order valence-corrected chi connectivity index (χ4v) is 4.88. The van der Waals surface area contributed by atoms with Crippen LogP contribution in [0.3, 0.4) is 0 Å². The zero-order valence-corrected chi connectivity index (χ0v) is 18.9. The van der Waals surface area contributed by atoms with Crippen LogP contribution in [-0.4, -0.2) is 53.9 Å². The minimum atomic E-state index is 0.386. The number of hydrogen-bond acceptors (Lipinski definition) is 9. The van der Waals surface area contributed by atoms with E-state index in [-0.39, 0.29) is 0 Å². The average molecular weight is 445 g/mol. The minimum absolute atomic E-state index is 0.386. The van der Waals surface area contributed by atoms with E-state index in [1.165, 1.54) is 30.9 Å². The Morgan fingerprint density at radius 1 is 1.10 bits per heavy atom. The number of aryl methyl sites for hydroxylation is 1. The summed E-state index contributed by atoms with van der Waals surface area (Å²) in [5.41, 5.74) is 7.49. The Morgan fingerprint density at radius 2 is 1.81 bits per heavy atom. The van der Waals surface area contributed by atoms with Crippen molar-refractivity contribution < 1.29 is 14.2 Å². The first-order valence-electron chi connectivity index (χ1n) is 10.3. The average Bonchev–Trinajstić information content (AvgIpc) is 3.15. The monoisotopic (exact) mass is 444 g/mol. The fourth-order valence-electron chi connectivity index (χ4n) is 3.92. The maximum Gasteiger partial charge on any atom is 0.203 e. The number of piperidine rings is 1. The SMILES string of the molecule is COc1cc(Sc2nc3c(N)ncnc3n2CCC2CCNCC2)cc(OC)c1OC. The van der Waals surface area contributed by atoms with Gasteiger partial charge in [-0.05, 0) is 50.4 Å². The van der Waals surface area contributed by atoms with Gasteiger partial charge in [-0.3, -0.25) is 0 Å². The summed E-state index contributed by atoms with van der Waals surface area (Å²) < 4.78 is 18.6. The van der Waals surface area contributed by atoms with E-state index in [4.69, 9.17) is 24.9 Å². The molecular formula is C21H28N6O3S. The van der Waals surface area contributed by atoms with Gasteiger partial charge in [0.2, 0.25) is 5.75 Å². The van der Waals surface area contributed by atoms with E-state index in [0.29, 0.717) is 34.5 Å². The maximum atomic E-state index is 6.10. The van der Waals surface area contributed by atoms with E-state index in [2.05, 4.69) is 19.9 Å². The molecule has 3 N–H and O–H groups in total. The molecule has 1 aromatic carbocycles. The third-order valence-electron chi connectivity index (χ3n) is 5.59. The van der Waals surface area contributed by atoms with Gasteiger partial charge in [0.1, 0.15) is 6.33 Å². The van der Waals surface area contributed by atoms with Gasteiger partial charge in [-0.25, -0.2) is 15.0 Å². The molecule has 4 rings (SSSR count). The molecule has 0 radical (unpaired) electrons. The second-order valence-electron chi connectivity index (χ2n) is 7.42. The van der Waals surface area contributed by atoms with Crippen LogP contribution < -0.4 is 25.3 Å². The number of nitrogens with two attached hydrogens (primary N) is 1. The minimum Gasteiger partial charge on any atom is -0.493 e. The third-order valence-corrected chi connectivity index (χ3v) is 6.56. The van der Waals surface area contributed by atoms with Gasteiger partial charge in [0, 0.05) is 11.4 Å². The van der Waals surface area contributed by atoms with Crippen molar-refractivity contribution in [3.05, 3.63) is 18.5 Å². The number of fused-ring (bicyclic) bond motifs is 1. The van der Waals surface area contributed by atoms with Crippen molar-refractivity contribution in [1.82, 2.24) is 24.8 Å². The lowest BCUT2D eigenvalue weighted by molar-refractivity contribution is 0.323. The van der Waals surface area contributed by atoms with Crippen LogP contribution >= 0.6 is 11.8 Å². The van der Waals surface area contributed by atoms with Crippen LogP contribution in [0.5, 0.6) is 17.2 Å². The van der Waals surface area contributed by atoms with E-state index < -0.39 is 0 Å². The highest BCUT2D eigenvalue weighted by molar-refractivity contribution is 7.99. The van der Waals surface area contributed by atoms with Crippen molar-refractivity contribution in [3.63, 3.8) is 0 Å². The van der Waals surface area contributed by atoms with Gasteiger partial charge in [0.05, 0.1) is 21.3 Å². The van der Waals surface area contributed by atoms with Gasteiger partial charge in [-0.1, -0.05) is 11.8 Å². The molecule has 1 aliphatic heterocycles. The molecule has 0 bridgehead atoms. The topological polar surface area (TPSA) is 109 Å². The van der Waals surface area contributed by atoms with E-state index in [9.17, 15) is 0 Å². The van der Waals surface area contributed by atoms with Crippen molar-refractivity contribution in [2.75, 3.05) is 40.2 Å². The Hall–Kier alpha value is -2.72. The van der Waals surface area contributed by atoms with Gasteiger partial charge >= 0.3 is 0 Å². The van der Waals surface area contributed by atoms with Crippen LogP contribution in [-0.2, 0) is 6.54 Å². The number of nitrogens with zero attached hydrogens (tertiary/aromatic N) is 4. The number of anilines is 1. The molecule has 31 heavy (non-hydrogen) atoms. The number of nitrogen functional groups attached to an aromatic ring is 1. The molecule has 1 fully saturated rings. The summed E-state index contributed by atoms with van der Waals surface area (Å²) >= 11 is 1.51. The second-order valence-corrected chi connectivity index (χ2v) is 8.46. The molecule has 3 heterocycles. The molecule has 0 unspecified atom stereocenters. The van der Waals surface area contributed by atoms with Crippen molar-refractivity contribution in [2.24, 2.45) is 5.92 Å². The van der Waals surface area contributed by atoms with Crippen molar-refractivity contribution in [3.8, 4) is 17.2 Å². The summed E-state index contributed by atoms with van der Waals surface area (Å²) in [7, 11) is 4.81. The Bertz CT molecular complexity index is 1030. The molecule has 0 spiro atoms. The predicted molar refractivity (Wildman–Crippen MR) is 120 cm³/mol. The summed E-state index contributed by atoms with van der Waals surface area (Å²) in [5.74, 6) is 2.83. The maximum absolute atomic E-state index is 6.10. The first-order chi connectivity index (χ1) is 15.1. The molecule has 9 nitrogen and oxygen atoms in total. The lowest BCUT2D eigenvalue weighted by Gasteiger charge is -2.23. The number of ether oxygens (including phenoxy) is 3. The van der Waals surface area contributed by atoms with Crippen LogP contribution in [0.4, 0.5) is 5.82 Å². The second kappa shape index (κ2) is 9.61. The fraction of sp³-hybridized carbons (Fsp3) is 0.476. The molecular weight excluding hydrogens is 416 g/mol. The third kappa shape index (κ3) is 4.49. The van der Waals surface area contributed by atoms with Crippen LogP contribution in [0, 0.1) is 5.92 Å². The lowest BCUT2D eigenvalue weighted by atomic mass is 9.95. The van der Waals surface area contributed by atoms with Gasteiger partial charge < -0.3 is 29.8 Å². The van der Waals surface area contributed by atoms with E-state index in [1.807, 2.05) is 12.1 Å². The summed E-state index contributed by atoms with van der Waals surface area (Å²) in [5, 5.41) is 4.24. The summed E-state index contributed by atoms with van der Waals surface area (Å²) in [4.78, 5) is 14.3. The number of benzene rings is 1. The first kappa shape index (κ1) is 21.5. The summed E-state index contributed by atoms with van der Waals surface area (Å²) in [6.07, 6.45) is 4.95. The zero-order valence-electron chi connectivity index (χ0n) is 18.1. The molecule has 0 saturated carbocycles. The molecule has 0 amide bonds. The Labute approximate surface area is 185 Å². The smallest absolute Gasteiger partial charge is 0.203 e. The molecule has 166 valence electrons. The van der Waals surface area contributed by atoms with Crippen molar-refractivity contribution in [2.45, 2.75) is 35.9 Å². The van der Waals surface area contributed by atoms with E-state index in [1.54, 1.807) is 21.3 Å². The zero-order chi connectivity index (χ0) is 21.8. The number of aromatic nitrogens is 4. The Balaban J connectivity index is 1.69. The van der Waals surface area contributed by atoms with E-state index >= 15 is 0 Å². The van der Waals surface area contributed by atoms with Crippen molar-refractivity contribution in [1.29, 1.82) is 0 Å². The summed E-state index contributed by atoms with van der Waals surface area (Å²) in [6, 6.07) is 3.83. The van der Waals surface area contributed by atoms with Crippen LogP contribution in [0.15, 0.2) is 28.5 Å². The molecule has 1 saturated heterocycles. The number of imidazole rings is 1. The number of rotatable bonds is 8. The molecule has 2 aromatic heterocycles. The quantitative estimate of drug-likeness (QED) is 0.542. The lowest BCUT2D eigenvalue weighted by Crippen LogP contribution is -2.28. The van der Waals surface area contributed by atoms with Gasteiger partial charge in [0.15, 0.2) is 33.6 Å². The number of hydrogen-bond donors (Lipinski definition) is 2. The Morgan fingerprint density at radius 3 is 2.45 bits per heavy atom. The van der Waals surface area contributed by atoms with Gasteiger partial charge in [-0.2, -0.15) is 0 Å². The number of methoxy groups -OCH3 is 3. The van der Waals surface area contributed by atoms with Gasteiger partial charge in [0.25, 0.3) is 0 Å². The Kier molecular flexibility index (Phi) is 6.67. The van der Waals surface area contributed by atoms with Gasteiger partial charge in [-0.15, -0.1) is 0 Å². The number of nitrogens with one attached hydrogen (secondary N) is 1. The highest BCUT2D eigenvalue weighted by Crippen LogP contribution is 2.43. The van der Waals surface area contributed by atoms with Crippen LogP contribution in [0.25, 0.3) is 11.2 Å². The molecule has 1 aliphatic rings. The highest BCUT2D eigenvalue weighted by atomic mass is 32.2. The molecule has 0 aliphatic carbocycles. The molecule has 0 atom stereocenters. The van der Waals surface area contributed by atoms with E-state index in [0.717, 1.165) is 41.8 Å². The standard InChI is InChI=1S/C21H28N6O3S/c1-28-15-10-14(11-16(29-2)18(15)30-3)31-21-26-17-19(22)24-12-25-20(17)27(21)9-6-13-4-7-23-8-5-13/h10-13,23H,4-9H2,1-3H3,(H2,22,24,25). The normalized spacial score (nSPS) is 14.7. The summed E-state index contributed by atoms with van der Waals surface area (Å²) in [6.45, 7) is 2.99. The van der Waals surface area contributed by atoms with Crippen LogP contribution in [0.2, 0.25) is 0 Å². The first-order valence-corrected chi connectivity index (χ1v) is 11.1. The highest BCUT2D eigenvalue weighted by Gasteiger charge is 2.20. The molecule has 10 heteroatoms. The van der Waals surface area contributed by atoms with Crippen molar-refractivity contribution >= 4 is 28.7 Å². The largest absolute Gasteiger partial charge is 0.493 e. The molecule has 3 aromatic rings. The predicted octanol–water partition coefficient (Wildman–Crippen LogP) is 2.98. The van der Waals surface area contributed by atoms with Crippen LogP contribution in [0.1, 0.15) is 19.3 Å².